The molecule has 35 heavy (non-hydrogen) atoms. The van der Waals surface area contributed by atoms with Crippen LogP contribution in [0.25, 0.3) is 11.3 Å². The molecule has 0 saturated carbocycles. The van der Waals surface area contributed by atoms with Gasteiger partial charge in [-0.15, -0.1) is 11.8 Å². The summed E-state index contributed by atoms with van der Waals surface area (Å²) in [5.41, 5.74) is 4.85. The second kappa shape index (κ2) is 10.8. The van der Waals surface area contributed by atoms with Crippen LogP contribution in [0, 0.1) is 0 Å². The highest BCUT2D eigenvalue weighted by Crippen LogP contribution is 2.36. The smallest absolute Gasteiger partial charge is 0.295 e. The number of thioether (sulfide) groups is 1. The van der Waals surface area contributed by atoms with E-state index in [1.807, 2.05) is 60.7 Å². The van der Waals surface area contributed by atoms with E-state index in [4.69, 9.17) is 8.97 Å². The Morgan fingerprint density at radius 1 is 1.03 bits per heavy atom. The van der Waals surface area contributed by atoms with Gasteiger partial charge < -0.3 is 15.1 Å². The van der Waals surface area contributed by atoms with Crippen LogP contribution in [0.5, 0.6) is 0 Å². The van der Waals surface area contributed by atoms with Crippen LogP contribution in [-0.2, 0) is 17.7 Å². The third-order valence-electron chi connectivity index (χ3n) is 5.57. The maximum absolute atomic E-state index is 11.0. The molecule has 5 rings (SSSR count). The van der Waals surface area contributed by atoms with E-state index in [0.717, 1.165) is 16.8 Å². The zero-order chi connectivity index (χ0) is 24.0. The first-order chi connectivity index (χ1) is 17.1. The van der Waals surface area contributed by atoms with Crippen LogP contribution in [0.15, 0.2) is 107 Å². The first-order valence-corrected chi connectivity index (χ1v) is 13.1. The molecular formula is C26H24N4O3S2. The summed E-state index contributed by atoms with van der Waals surface area (Å²) in [6, 6.07) is 28.0. The summed E-state index contributed by atoms with van der Waals surface area (Å²) in [6.07, 6.45) is 2.38. The van der Waals surface area contributed by atoms with Crippen molar-refractivity contribution in [3.63, 3.8) is 0 Å². The fourth-order valence-electron chi connectivity index (χ4n) is 3.84. The van der Waals surface area contributed by atoms with E-state index in [1.54, 1.807) is 30.1 Å². The van der Waals surface area contributed by atoms with Crippen molar-refractivity contribution in [2.24, 2.45) is 0 Å². The van der Waals surface area contributed by atoms with E-state index in [2.05, 4.69) is 37.9 Å². The number of anilines is 2. The van der Waals surface area contributed by atoms with Crippen molar-refractivity contribution in [3.05, 3.63) is 113 Å². The quantitative estimate of drug-likeness (QED) is 0.214. The Morgan fingerprint density at radius 3 is 2.46 bits per heavy atom. The summed E-state index contributed by atoms with van der Waals surface area (Å²) in [4.78, 5) is 4.46. The largest absolute Gasteiger partial charge is 0.424 e. The average molecular weight is 505 g/mol. The van der Waals surface area contributed by atoms with Gasteiger partial charge in [0.2, 0.25) is 0 Å². The molecule has 1 aromatic heterocycles. The number of nitrogens with one attached hydrogen (secondary N) is 3. The molecule has 178 valence electrons. The molecule has 2 unspecified atom stereocenters. The van der Waals surface area contributed by atoms with Gasteiger partial charge in [0.05, 0.1) is 12.2 Å². The van der Waals surface area contributed by atoms with E-state index in [0.29, 0.717) is 23.9 Å². The van der Waals surface area contributed by atoms with Crippen LogP contribution in [0.3, 0.4) is 0 Å². The van der Waals surface area contributed by atoms with Gasteiger partial charge in [0.1, 0.15) is 5.37 Å². The van der Waals surface area contributed by atoms with Gasteiger partial charge in [0.25, 0.3) is 17.3 Å². The highest BCUT2D eigenvalue weighted by atomic mass is 32.2. The van der Waals surface area contributed by atoms with Crippen molar-refractivity contribution in [2.45, 2.75) is 17.8 Å². The highest BCUT2D eigenvalue weighted by molar-refractivity contribution is 8.02. The Hall–Kier alpha value is -3.53. The predicted octanol–water partition coefficient (Wildman–Crippen LogP) is 5.79. The second-order valence-electron chi connectivity index (χ2n) is 7.99. The van der Waals surface area contributed by atoms with Crippen LogP contribution < -0.4 is 15.4 Å². The lowest BCUT2D eigenvalue weighted by Crippen LogP contribution is -2.31. The number of benzene rings is 3. The Bertz CT molecular complexity index is 1310. The molecule has 9 heteroatoms. The number of rotatable bonds is 9. The molecule has 0 radical (unpaired) electrons. The fraction of sp³-hybridized carbons (Fsp3) is 0.115. The summed E-state index contributed by atoms with van der Waals surface area (Å²) < 4.78 is 28.6. The monoisotopic (exact) mass is 504 g/mol. The minimum absolute atomic E-state index is 0.121. The Balaban J connectivity index is 1.35. The summed E-state index contributed by atoms with van der Waals surface area (Å²) in [6.45, 7) is 0. The Labute approximate surface area is 210 Å². The highest BCUT2D eigenvalue weighted by Gasteiger charge is 2.26. The Morgan fingerprint density at radius 2 is 1.74 bits per heavy atom. The SMILES string of the molecule is O=S(O)Nc1ccc(C[C@H](Nc2ncc(-c3ccccc3)o2)C2=CSC(c3ccccc3)N2)cc1. The first kappa shape index (κ1) is 23.2. The fourth-order valence-corrected chi connectivity index (χ4v) is 5.21. The van der Waals surface area contributed by atoms with Gasteiger partial charge in [0.15, 0.2) is 5.76 Å². The molecule has 0 aliphatic carbocycles. The molecule has 0 saturated heterocycles. The minimum atomic E-state index is -2.10. The third-order valence-corrected chi connectivity index (χ3v) is 7.03. The number of oxazole rings is 1. The average Bonchev–Trinajstić information content (AvgIpc) is 3.56. The van der Waals surface area contributed by atoms with Gasteiger partial charge in [-0.25, -0.2) is 9.19 Å². The zero-order valence-corrected chi connectivity index (χ0v) is 20.3. The molecule has 0 amide bonds. The Kier molecular flexibility index (Phi) is 7.17. The van der Waals surface area contributed by atoms with Crippen molar-refractivity contribution < 1.29 is 13.2 Å². The van der Waals surface area contributed by atoms with Crippen LogP contribution in [-0.4, -0.2) is 19.8 Å². The lowest BCUT2D eigenvalue weighted by atomic mass is 10.0. The van der Waals surface area contributed by atoms with Crippen molar-refractivity contribution in [3.8, 4) is 11.3 Å². The molecule has 2 heterocycles. The summed E-state index contributed by atoms with van der Waals surface area (Å²) in [5, 5.41) is 9.35. The van der Waals surface area contributed by atoms with Crippen molar-refractivity contribution >= 4 is 34.7 Å². The van der Waals surface area contributed by atoms with E-state index >= 15 is 0 Å². The molecule has 4 N–H and O–H groups in total. The molecular weight excluding hydrogens is 480 g/mol. The van der Waals surface area contributed by atoms with Crippen molar-refractivity contribution in [1.82, 2.24) is 10.3 Å². The van der Waals surface area contributed by atoms with Crippen LogP contribution in [0.4, 0.5) is 11.7 Å². The lowest BCUT2D eigenvalue weighted by Gasteiger charge is -2.22. The molecule has 1 aliphatic heterocycles. The lowest BCUT2D eigenvalue weighted by molar-refractivity contribution is 0.569. The standard InChI is InChI=1S/C26H24N4O3S2/c31-35(32)30-21-13-11-18(12-14-21)15-22(23-17-34-25(28-23)20-9-5-2-6-10-20)29-26-27-16-24(33-26)19-7-3-1-4-8-19/h1-14,16-17,22,25,28,30H,15H2,(H,27,29)(H,31,32)/t22-,25?/m0/s1. The molecule has 0 fully saturated rings. The van der Waals surface area contributed by atoms with Crippen molar-refractivity contribution in [1.29, 1.82) is 0 Å². The van der Waals surface area contributed by atoms with E-state index in [-0.39, 0.29) is 11.4 Å². The van der Waals surface area contributed by atoms with Crippen LogP contribution >= 0.6 is 11.8 Å². The van der Waals surface area contributed by atoms with Crippen LogP contribution in [0.1, 0.15) is 16.5 Å². The van der Waals surface area contributed by atoms with Gasteiger partial charge in [-0.1, -0.05) is 72.8 Å². The van der Waals surface area contributed by atoms with Gasteiger partial charge in [-0.2, -0.15) is 0 Å². The van der Waals surface area contributed by atoms with Crippen LogP contribution in [0.2, 0.25) is 0 Å². The number of aromatic nitrogens is 1. The van der Waals surface area contributed by atoms with Gasteiger partial charge in [-0.3, -0.25) is 9.27 Å². The second-order valence-corrected chi connectivity index (χ2v) is 9.67. The minimum Gasteiger partial charge on any atom is -0.424 e. The molecule has 0 bridgehead atoms. The zero-order valence-electron chi connectivity index (χ0n) is 18.6. The predicted molar refractivity (Wildman–Crippen MR) is 142 cm³/mol. The normalized spacial score (nSPS) is 16.7. The maximum Gasteiger partial charge on any atom is 0.295 e. The van der Waals surface area contributed by atoms with E-state index in [9.17, 15) is 4.21 Å². The van der Waals surface area contributed by atoms with Gasteiger partial charge in [0, 0.05) is 16.9 Å². The molecule has 1 aliphatic rings. The third kappa shape index (κ3) is 5.94. The van der Waals surface area contributed by atoms with Crippen molar-refractivity contribution in [2.75, 3.05) is 10.0 Å². The topological polar surface area (TPSA) is 99.4 Å². The molecule has 7 nitrogen and oxygen atoms in total. The van der Waals surface area contributed by atoms with Gasteiger partial charge >= 0.3 is 0 Å². The summed E-state index contributed by atoms with van der Waals surface area (Å²) in [7, 11) is 0. The van der Waals surface area contributed by atoms with Gasteiger partial charge in [-0.05, 0) is 35.1 Å². The van der Waals surface area contributed by atoms with E-state index in [1.165, 1.54) is 5.56 Å². The molecule has 3 aromatic carbocycles. The number of hydrogen-bond acceptors (Lipinski definition) is 6. The van der Waals surface area contributed by atoms with E-state index < -0.39 is 11.3 Å². The molecule has 4 aromatic rings. The molecule has 3 atom stereocenters. The summed E-state index contributed by atoms with van der Waals surface area (Å²) >= 11 is -0.375. The maximum atomic E-state index is 11.0. The molecule has 0 spiro atoms. The number of hydrogen-bond donors (Lipinski definition) is 4. The summed E-state index contributed by atoms with van der Waals surface area (Å²) in [5.74, 6) is 0.698. The number of nitrogens with zero attached hydrogens (tertiary/aromatic N) is 1. The first-order valence-electron chi connectivity index (χ1n) is 11.1.